The number of ether oxygens (including phenoxy) is 1. The Balaban J connectivity index is 1.64. The van der Waals surface area contributed by atoms with E-state index in [9.17, 15) is 4.79 Å². The standard InChI is InChI=1S/C14H21N3O2/c15-10-12-2-4-13(5-3-12)19-9-1-7-17-8-6-16-14(18)11-17/h2-5H,1,6-11,15H2,(H,16,18). The molecule has 0 radical (unpaired) electrons. The molecule has 2 rings (SSSR count). The van der Waals surface area contributed by atoms with Gasteiger partial charge in [-0.15, -0.1) is 0 Å². The van der Waals surface area contributed by atoms with Crippen molar-refractivity contribution >= 4 is 5.91 Å². The number of hydrogen-bond acceptors (Lipinski definition) is 4. The van der Waals surface area contributed by atoms with Crippen LogP contribution in [-0.4, -0.2) is 43.6 Å². The van der Waals surface area contributed by atoms with Gasteiger partial charge in [-0.1, -0.05) is 12.1 Å². The molecule has 0 saturated carbocycles. The van der Waals surface area contributed by atoms with Crippen molar-refractivity contribution in [2.75, 3.05) is 32.8 Å². The number of hydrogen-bond donors (Lipinski definition) is 2. The molecule has 0 unspecified atom stereocenters. The van der Waals surface area contributed by atoms with Gasteiger partial charge in [0.15, 0.2) is 0 Å². The summed E-state index contributed by atoms with van der Waals surface area (Å²) in [6, 6.07) is 7.83. The second-order valence-electron chi connectivity index (χ2n) is 4.68. The van der Waals surface area contributed by atoms with Crippen LogP contribution in [0.5, 0.6) is 5.75 Å². The van der Waals surface area contributed by atoms with Crippen LogP contribution in [0.4, 0.5) is 0 Å². The van der Waals surface area contributed by atoms with Gasteiger partial charge in [-0.25, -0.2) is 0 Å². The van der Waals surface area contributed by atoms with Gasteiger partial charge in [0.05, 0.1) is 13.2 Å². The minimum Gasteiger partial charge on any atom is -0.494 e. The van der Waals surface area contributed by atoms with Crippen LogP contribution >= 0.6 is 0 Å². The average molecular weight is 263 g/mol. The molecule has 0 atom stereocenters. The van der Waals surface area contributed by atoms with Crippen LogP contribution in [0.25, 0.3) is 0 Å². The van der Waals surface area contributed by atoms with Gasteiger partial charge in [0.25, 0.3) is 0 Å². The summed E-state index contributed by atoms with van der Waals surface area (Å²) in [6.07, 6.45) is 0.923. The van der Waals surface area contributed by atoms with E-state index in [-0.39, 0.29) is 5.91 Å². The van der Waals surface area contributed by atoms with Crippen molar-refractivity contribution in [3.05, 3.63) is 29.8 Å². The SMILES string of the molecule is NCc1ccc(OCCCN2CCNC(=O)C2)cc1. The summed E-state index contributed by atoms with van der Waals surface area (Å²) < 4.78 is 5.66. The van der Waals surface area contributed by atoms with Gasteiger partial charge in [-0.2, -0.15) is 0 Å². The topological polar surface area (TPSA) is 67.6 Å². The normalized spacial score (nSPS) is 16.2. The second kappa shape index (κ2) is 7.11. The predicted molar refractivity (Wildman–Crippen MR) is 73.9 cm³/mol. The van der Waals surface area contributed by atoms with Crippen molar-refractivity contribution in [2.24, 2.45) is 5.73 Å². The highest BCUT2D eigenvalue weighted by molar-refractivity contribution is 5.78. The lowest BCUT2D eigenvalue weighted by Gasteiger charge is -2.26. The van der Waals surface area contributed by atoms with E-state index >= 15 is 0 Å². The first kappa shape index (κ1) is 13.8. The molecule has 1 aromatic rings. The van der Waals surface area contributed by atoms with E-state index in [1.807, 2.05) is 24.3 Å². The summed E-state index contributed by atoms with van der Waals surface area (Å²) >= 11 is 0. The van der Waals surface area contributed by atoms with Crippen LogP contribution in [0.15, 0.2) is 24.3 Å². The fraction of sp³-hybridized carbons (Fsp3) is 0.500. The minimum absolute atomic E-state index is 0.115. The molecule has 19 heavy (non-hydrogen) atoms. The van der Waals surface area contributed by atoms with E-state index in [2.05, 4.69) is 10.2 Å². The van der Waals surface area contributed by atoms with Crippen molar-refractivity contribution in [1.82, 2.24) is 10.2 Å². The van der Waals surface area contributed by atoms with Crippen LogP contribution in [0.1, 0.15) is 12.0 Å². The third-order valence-electron chi connectivity index (χ3n) is 3.16. The monoisotopic (exact) mass is 263 g/mol. The van der Waals surface area contributed by atoms with E-state index in [1.54, 1.807) is 0 Å². The number of carbonyl (C=O) groups is 1. The molecule has 1 amide bonds. The smallest absolute Gasteiger partial charge is 0.234 e. The van der Waals surface area contributed by atoms with Gasteiger partial charge >= 0.3 is 0 Å². The van der Waals surface area contributed by atoms with Gasteiger partial charge in [-0.3, -0.25) is 9.69 Å². The first-order valence-electron chi connectivity index (χ1n) is 6.69. The lowest BCUT2D eigenvalue weighted by molar-refractivity contribution is -0.124. The van der Waals surface area contributed by atoms with Gasteiger partial charge in [0, 0.05) is 26.2 Å². The summed E-state index contributed by atoms with van der Waals surface area (Å²) in [5, 5.41) is 2.82. The van der Waals surface area contributed by atoms with E-state index in [1.165, 1.54) is 0 Å². The fourth-order valence-electron chi connectivity index (χ4n) is 2.08. The van der Waals surface area contributed by atoms with Crippen molar-refractivity contribution in [3.63, 3.8) is 0 Å². The van der Waals surface area contributed by atoms with Gasteiger partial charge in [0.1, 0.15) is 5.75 Å². The minimum atomic E-state index is 0.115. The molecular formula is C14H21N3O2. The summed E-state index contributed by atoms with van der Waals surface area (Å²) in [6.45, 7) is 4.30. The first-order chi connectivity index (χ1) is 9.28. The van der Waals surface area contributed by atoms with Crippen LogP contribution in [0, 0.1) is 0 Å². The zero-order valence-electron chi connectivity index (χ0n) is 11.1. The highest BCUT2D eigenvalue weighted by Gasteiger charge is 2.14. The van der Waals surface area contributed by atoms with Crippen LogP contribution in [0.2, 0.25) is 0 Å². The van der Waals surface area contributed by atoms with E-state index < -0.39 is 0 Å². The molecule has 0 aromatic heterocycles. The quantitative estimate of drug-likeness (QED) is 0.727. The Labute approximate surface area is 113 Å². The number of benzene rings is 1. The Kier molecular flexibility index (Phi) is 5.18. The number of piperazine rings is 1. The van der Waals surface area contributed by atoms with Crippen LogP contribution in [0.3, 0.4) is 0 Å². The summed E-state index contributed by atoms with van der Waals surface area (Å²) in [4.78, 5) is 13.3. The molecule has 1 saturated heterocycles. The number of nitrogens with zero attached hydrogens (tertiary/aromatic N) is 1. The number of carbonyl (C=O) groups excluding carboxylic acids is 1. The van der Waals surface area contributed by atoms with E-state index in [0.717, 1.165) is 37.4 Å². The van der Waals surface area contributed by atoms with Crippen molar-refractivity contribution < 1.29 is 9.53 Å². The van der Waals surface area contributed by atoms with E-state index in [0.29, 0.717) is 19.7 Å². The molecule has 5 nitrogen and oxygen atoms in total. The average Bonchev–Trinajstić information content (AvgIpc) is 2.44. The number of nitrogens with two attached hydrogens (primary N) is 1. The zero-order valence-corrected chi connectivity index (χ0v) is 11.1. The molecule has 0 bridgehead atoms. The Morgan fingerprint density at radius 3 is 2.79 bits per heavy atom. The van der Waals surface area contributed by atoms with Crippen LogP contribution in [-0.2, 0) is 11.3 Å². The summed E-state index contributed by atoms with van der Waals surface area (Å²) in [7, 11) is 0. The van der Waals surface area contributed by atoms with Crippen molar-refractivity contribution in [1.29, 1.82) is 0 Å². The van der Waals surface area contributed by atoms with Crippen molar-refractivity contribution in [2.45, 2.75) is 13.0 Å². The largest absolute Gasteiger partial charge is 0.494 e. The molecular weight excluding hydrogens is 242 g/mol. The zero-order chi connectivity index (χ0) is 13.5. The number of nitrogens with one attached hydrogen (secondary N) is 1. The lowest BCUT2D eigenvalue weighted by Crippen LogP contribution is -2.47. The van der Waals surface area contributed by atoms with Gasteiger partial charge in [-0.05, 0) is 24.1 Å². The Hall–Kier alpha value is -1.59. The number of rotatable bonds is 6. The Bertz CT molecular complexity index is 406. The molecule has 5 heteroatoms. The highest BCUT2D eigenvalue weighted by atomic mass is 16.5. The molecule has 3 N–H and O–H groups in total. The number of amides is 1. The van der Waals surface area contributed by atoms with Gasteiger partial charge in [0.2, 0.25) is 5.91 Å². The van der Waals surface area contributed by atoms with Crippen LogP contribution < -0.4 is 15.8 Å². The predicted octanol–water partition coefficient (Wildman–Crippen LogP) is 0.346. The summed E-state index contributed by atoms with van der Waals surface area (Å²) in [5.41, 5.74) is 6.64. The molecule has 1 aromatic carbocycles. The molecule has 104 valence electrons. The van der Waals surface area contributed by atoms with Gasteiger partial charge < -0.3 is 15.8 Å². The molecule has 1 heterocycles. The third kappa shape index (κ3) is 4.54. The van der Waals surface area contributed by atoms with Crippen molar-refractivity contribution in [3.8, 4) is 5.75 Å². The highest BCUT2D eigenvalue weighted by Crippen LogP contribution is 2.12. The maximum Gasteiger partial charge on any atom is 0.234 e. The molecule has 0 aliphatic carbocycles. The maximum absolute atomic E-state index is 11.2. The van der Waals surface area contributed by atoms with E-state index in [4.69, 9.17) is 10.5 Å². The Morgan fingerprint density at radius 2 is 2.11 bits per heavy atom. The maximum atomic E-state index is 11.2. The lowest BCUT2D eigenvalue weighted by atomic mass is 10.2. The fourth-order valence-corrected chi connectivity index (χ4v) is 2.08. The molecule has 1 aliphatic rings. The summed E-state index contributed by atoms with van der Waals surface area (Å²) in [5.74, 6) is 0.984. The Morgan fingerprint density at radius 1 is 1.32 bits per heavy atom. The second-order valence-corrected chi connectivity index (χ2v) is 4.68. The molecule has 1 fully saturated rings. The third-order valence-corrected chi connectivity index (χ3v) is 3.16. The first-order valence-corrected chi connectivity index (χ1v) is 6.69. The molecule has 0 spiro atoms. The molecule has 1 aliphatic heterocycles.